The molecule has 6 nitrogen and oxygen atoms in total. The predicted octanol–water partition coefficient (Wildman–Crippen LogP) is 3.56. The minimum Gasteiger partial charge on any atom is -0.481 e. The van der Waals surface area contributed by atoms with Crippen molar-refractivity contribution in [1.29, 1.82) is 0 Å². The fourth-order valence-corrected chi connectivity index (χ4v) is 2.76. The largest absolute Gasteiger partial charge is 0.481 e. The Morgan fingerprint density at radius 1 is 1.00 bits per heavy atom. The van der Waals surface area contributed by atoms with E-state index in [0.29, 0.717) is 12.1 Å². The topological polar surface area (TPSA) is 94.9 Å². The number of hydrogen-bond donors (Lipinski definition) is 2. The Balaban J connectivity index is 0.000000416. The van der Waals surface area contributed by atoms with Crippen molar-refractivity contribution in [3.63, 3.8) is 0 Å². The van der Waals surface area contributed by atoms with E-state index in [2.05, 4.69) is 4.90 Å². The van der Waals surface area contributed by atoms with Crippen LogP contribution in [0.4, 0.5) is 13.2 Å². The minimum atomic E-state index is -4.36. The maximum absolute atomic E-state index is 12.5. The van der Waals surface area contributed by atoms with Gasteiger partial charge < -0.3 is 15.1 Å². The minimum absolute atomic E-state index is 0.0920. The first-order valence-electron chi connectivity index (χ1n) is 8.88. The van der Waals surface area contributed by atoms with Gasteiger partial charge in [-0.3, -0.25) is 14.4 Å². The number of alkyl halides is 3. The number of ketones is 1. The van der Waals surface area contributed by atoms with Gasteiger partial charge in [-0.1, -0.05) is 19.1 Å². The molecular formula is C19H24F3NO5. The molecule has 1 aromatic rings. The number of carbonyl (C=O) groups excluding carboxylic acids is 1. The summed E-state index contributed by atoms with van der Waals surface area (Å²) in [7, 11) is 0. The molecule has 0 aliphatic carbocycles. The molecule has 0 saturated carbocycles. The molecule has 2 rings (SSSR count). The summed E-state index contributed by atoms with van der Waals surface area (Å²) in [6.45, 7) is 4.52. The highest BCUT2D eigenvalue weighted by molar-refractivity contribution is 5.97. The van der Waals surface area contributed by atoms with E-state index >= 15 is 0 Å². The van der Waals surface area contributed by atoms with Crippen LogP contribution in [-0.2, 0) is 15.8 Å². The Kier molecular flexibility index (Phi) is 9.11. The van der Waals surface area contributed by atoms with Crippen molar-refractivity contribution in [2.45, 2.75) is 38.8 Å². The second kappa shape index (κ2) is 10.8. The maximum Gasteiger partial charge on any atom is 0.416 e. The third kappa shape index (κ3) is 8.51. The molecule has 1 aliphatic heterocycles. The second-order valence-electron chi connectivity index (χ2n) is 6.64. The average molecular weight is 403 g/mol. The maximum atomic E-state index is 12.5. The smallest absolute Gasteiger partial charge is 0.416 e. The quantitative estimate of drug-likeness (QED) is 0.676. The molecule has 0 unspecified atom stereocenters. The van der Waals surface area contributed by atoms with Crippen molar-refractivity contribution in [3.8, 4) is 0 Å². The molecule has 28 heavy (non-hydrogen) atoms. The number of carbonyl (C=O) groups is 3. The number of benzene rings is 1. The molecule has 0 aromatic heterocycles. The third-order valence-electron chi connectivity index (χ3n) is 4.23. The van der Waals surface area contributed by atoms with E-state index < -0.39 is 23.7 Å². The standard InChI is InChI=1S/C15H18F3NO.C4H6O4/c1-11(10-19-8-2-3-9-19)14(20)12-4-6-13(7-5-12)15(16,17)18;5-3(6)1-2-4(7)8/h4-7,11H,2-3,8-10H2,1H3;1-2H2,(H,5,6)(H,7,8)/t11-;/m1./s1. The molecule has 1 saturated heterocycles. The van der Waals surface area contributed by atoms with Gasteiger partial charge in [0.15, 0.2) is 5.78 Å². The molecule has 0 amide bonds. The van der Waals surface area contributed by atoms with E-state index in [1.807, 2.05) is 6.92 Å². The summed E-state index contributed by atoms with van der Waals surface area (Å²) < 4.78 is 37.4. The lowest BCUT2D eigenvalue weighted by Gasteiger charge is -2.19. The lowest BCUT2D eigenvalue weighted by Crippen LogP contribution is -2.29. The number of likely N-dealkylation sites (tertiary alicyclic amines) is 1. The van der Waals surface area contributed by atoms with Gasteiger partial charge in [0.25, 0.3) is 0 Å². The monoisotopic (exact) mass is 403 g/mol. The molecule has 0 bridgehead atoms. The highest BCUT2D eigenvalue weighted by Crippen LogP contribution is 2.29. The number of carboxylic acid groups (broad SMARTS) is 2. The summed E-state index contributed by atoms with van der Waals surface area (Å²) in [5, 5.41) is 15.8. The van der Waals surface area contributed by atoms with E-state index in [0.717, 1.165) is 38.1 Å². The molecular weight excluding hydrogens is 379 g/mol. The van der Waals surface area contributed by atoms with Gasteiger partial charge in [0.2, 0.25) is 0 Å². The number of halogens is 3. The summed E-state index contributed by atoms with van der Waals surface area (Å²) in [5.41, 5.74) is -0.369. The zero-order valence-electron chi connectivity index (χ0n) is 15.5. The van der Waals surface area contributed by atoms with Gasteiger partial charge in [0, 0.05) is 18.0 Å². The molecule has 1 aliphatic rings. The summed E-state index contributed by atoms with van der Waals surface area (Å²) in [4.78, 5) is 33.7. The van der Waals surface area contributed by atoms with Crippen LogP contribution in [0.15, 0.2) is 24.3 Å². The van der Waals surface area contributed by atoms with Gasteiger partial charge in [-0.05, 0) is 38.1 Å². The molecule has 1 heterocycles. The summed E-state index contributed by atoms with van der Waals surface area (Å²) in [5.74, 6) is -2.43. The van der Waals surface area contributed by atoms with Gasteiger partial charge in [0.1, 0.15) is 0 Å². The molecule has 0 spiro atoms. The van der Waals surface area contributed by atoms with Crippen LogP contribution in [-0.4, -0.2) is 52.5 Å². The van der Waals surface area contributed by atoms with Gasteiger partial charge >= 0.3 is 18.1 Å². The lowest BCUT2D eigenvalue weighted by molar-refractivity contribution is -0.143. The van der Waals surface area contributed by atoms with E-state index in [1.54, 1.807) is 0 Å². The van der Waals surface area contributed by atoms with Crippen LogP contribution in [0.3, 0.4) is 0 Å². The molecule has 2 N–H and O–H groups in total. The normalized spacial score (nSPS) is 15.4. The van der Waals surface area contributed by atoms with Crippen molar-refractivity contribution in [3.05, 3.63) is 35.4 Å². The van der Waals surface area contributed by atoms with E-state index in [9.17, 15) is 27.6 Å². The van der Waals surface area contributed by atoms with Crippen LogP contribution in [0, 0.1) is 5.92 Å². The number of hydrogen-bond acceptors (Lipinski definition) is 4. The summed E-state index contributed by atoms with van der Waals surface area (Å²) >= 11 is 0. The van der Waals surface area contributed by atoms with Gasteiger partial charge in [0.05, 0.1) is 18.4 Å². The van der Waals surface area contributed by atoms with E-state index in [-0.39, 0.29) is 24.5 Å². The van der Waals surface area contributed by atoms with Crippen molar-refractivity contribution < 1.29 is 37.8 Å². The first-order chi connectivity index (χ1) is 13.0. The second-order valence-corrected chi connectivity index (χ2v) is 6.64. The van der Waals surface area contributed by atoms with Crippen LogP contribution >= 0.6 is 0 Å². The average Bonchev–Trinajstić information content (AvgIpc) is 3.12. The van der Waals surface area contributed by atoms with Crippen LogP contribution in [0.25, 0.3) is 0 Å². The highest BCUT2D eigenvalue weighted by Gasteiger charge is 2.30. The Hall–Kier alpha value is -2.42. The zero-order valence-corrected chi connectivity index (χ0v) is 15.5. The van der Waals surface area contributed by atoms with Crippen molar-refractivity contribution in [1.82, 2.24) is 4.90 Å². The van der Waals surface area contributed by atoms with Gasteiger partial charge in [-0.25, -0.2) is 0 Å². The summed E-state index contributed by atoms with van der Waals surface area (Å²) in [6, 6.07) is 4.48. The van der Waals surface area contributed by atoms with E-state index in [1.165, 1.54) is 12.1 Å². The number of nitrogens with zero attached hydrogens (tertiary/aromatic N) is 1. The zero-order chi connectivity index (χ0) is 21.3. The molecule has 1 fully saturated rings. The van der Waals surface area contributed by atoms with Crippen molar-refractivity contribution >= 4 is 17.7 Å². The Morgan fingerprint density at radius 2 is 1.46 bits per heavy atom. The van der Waals surface area contributed by atoms with E-state index in [4.69, 9.17) is 10.2 Å². The number of rotatable bonds is 7. The Bertz CT molecular complexity index is 653. The Labute approximate surface area is 161 Å². The van der Waals surface area contributed by atoms with Gasteiger partial charge in [-0.2, -0.15) is 13.2 Å². The molecule has 156 valence electrons. The highest BCUT2D eigenvalue weighted by atomic mass is 19.4. The van der Waals surface area contributed by atoms with Crippen LogP contribution in [0.5, 0.6) is 0 Å². The summed E-state index contributed by atoms with van der Waals surface area (Å²) in [6.07, 6.45) is -2.64. The molecule has 1 aromatic carbocycles. The number of carboxylic acids is 2. The molecule has 0 radical (unpaired) electrons. The Morgan fingerprint density at radius 3 is 1.86 bits per heavy atom. The fraction of sp³-hybridized carbons (Fsp3) is 0.526. The lowest BCUT2D eigenvalue weighted by atomic mass is 9.98. The van der Waals surface area contributed by atoms with Crippen LogP contribution < -0.4 is 0 Å². The first-order valence-corrected chi connectivity index (χ1v) is 8.88. The van der Waals surface area contributed by atoms with Crippen molar-refractivity contribution in [2.75, 3.05) is 19.6 Å². The molecule has 1 atom stereocenters. The SMILES string of the molecule is C[C@H](CN1CCCC1)C(=O)c1ccc(C(F)(F)F)cc1.O=C(O)CCC(=O)O. The predicted molar refractivity (Wildman–Crippen MR) is 95.1 cm³/mol. The van der Waals surface area contributed by atoms with Crippen LogP contribution in [0.2, 0.25) is 0 Å². The number of Topliss-reactive ketones (excluding diaryl/α,β-unsaturated/α-hetero) is 1. The van der Waals surface area contributed by atoms with Crippen molar-refractivity contribution in [2.24, 2.45) is 5.92 Å². The van der Waals surface area contributed by atoms with Crippen LogP contribution in [0.1, 0.15) is 48.5 Å². The fourth-order valence-electron chi connectivity index (χ4n) is 2.76. The first kappa shape index (κ1) is 23.6. The molecule has 9 heteroatoms. The van der Waals surface area contributed by atoms with Gasteiger partial charge in [-0.15, -0.1) is 0 Å². The third-order valence-corrected chi connectivity index (χ3v) is 4.23. The number of aliphatic carboxylic acids is 2.